The summed E-state index contributed by atoms with van der Waals surface area (Å²) in [5, 5.41) is 0. The zero-order valence-corrected chi connectivity index (χ0v) is 9.42. The van der Waals surface area contributed by atoms with E-state index in [1.807, 2.05) is 6.08 Å². The van der Waals surface area contributed by atoms with Crippen molar-refractivity contribution in [3.05, 3.63) is 35.6 Å². The van der Waals surface area contributed by atoms with Gasteiger partial charge in [-0.25, -0.2) is 4.39 Å². The summed E-state index contributed by atoms with van der Waals surface area (Å²) in [4.78, 5) is 0. The minimum Gasteiger partial charge on any atom is -0.494 e. The Kier molecular flexibility index (Phi) is 4.40. The molecular formula is C12H17FO2. The van der Waals surface area contributed by atoms with Crippen LogP contribution in [-0.4, -0.2) is 13.7 Å². The Morgan fingerprint density at radius 2 is 2.13 bits per heavy atom. The molecule has 0 saturated carbocycles. The summed E-state index contributed by atoms with van der Waals surface area (Å²) >= 11 is 0. The first-order valence-corrected chi connectivity index (χ1v) is 5.08. The molecule has 1 aliphatic carbocycles. The molecule has 0 unspecified atom stereocenters. The van der Waals surface area contributed by atoms with Crippen molar-refractivity contribution in [3.8, 4) is 0 Å². The number of hydrogen-bond donors (Lipinski definition) is 0. The van der Waals surface area contributed by atoms with E-state index in [0.29, 0.717) is 24.7 Å². The third kappa shape index (κ3) is 3.78. The Bertz CT molecular complexity index is 301. The van der Waals surface area contributed by atoms with Crippen molar-refractivity contribution in [1.29, 1.82) is 0 Å². The van der Waals surface area contributed by atoms with Gasteiger partial charge in [-0.05, 0) is 24.5 Å². The maximum absolute atomic E-state index is 13.4. The third-order valence-electron chi connectivity index (χ3n) is 1.93. The quantitative estimate of drug-likeness (QED) is 0.711. The van der Waals surface area contributed by atoms with Crippen LogP contribution in [0.4, 0.5) is 4.39 Å². The van der Waals surface area contributed by atoms with Crippen LogP contribution in [0.1, 0.15) is 20.3 Å². The molecule has 0 bridgehead atoms. The molecule has 3 heteroatoms. The van der Waals surface area contributed by atoms with E-state index in [1.54, 1.807) is 6.08 Å². The molecule has 0 spiro atoms. The molecule has 0 saturated heterocycles. The smallest absolute Gasteiger partial charge is 0.168 e. The molecule has 0 fully saturated rings. The largest absolute Gasteiger partial charge is 0.494 e. The van der Waals surface area contributed by atoms with Gasteiger partial charge in [-0.3, -0.25) is 0 Å². The summed E-state index contributed by atoms with van der Waals surface area (Å²) in [6, 6.07) is 0. The molecule has 15 heavy (non-hydrogen) atoms. The minimum atomic E-state index is -0.384. The number of rotatable bonds is 4. The molecule has 0 aromatic heterocycles. The van der Waals surface area contributed by atoms with Gasteiger partial charge in [0.25, 0.3) is 0 Å². The molecule has 0 heterocycles. The van der Waals surface area contributed by atoms with Gasteiger partial charge in [0.15, 0.2) is 11.6 Å². The molecule has 0 N–H and O–H groups in total. The van der Waals surface area contributed by atoms with Gasteiger partial charge in [0.1, 0.15) is 5.76 Å². The fourth-order valence-electron chi connectivity index (χ4n) is 1.18. The summed E-state index contributed by atoms with van der Waals surface area (Å²) in [5.41, 5.74) is 0. The first-order valence-electron chi connectivity index (χ1n) is 5.08. The standard InChI is InChI=1S/C12H17FO2/c1-9(2)8-15-10-5-4-6-12(14-3)11(13)7-10/h5-7,9H,4,8H2,1-3H3. The third-order valence-corrected chi connectivity index (χ3v) is 1.93. The van der Waals surface area contributed by atoms with Crippen LogP contribution in [0.15, 0.2) is 35.6 Å². The van der Waals surface area contributed by atoms with Gasteiger partial charge in [0.05, 0.1) is 13.7 Å². The maximum atomic E-state index is 13.4. The zero-order valence-electron chi connectivity index (χ0n) is 9.42. The fraction of sp³-hybridized carbons (Fsp3) is 0.500. The van der Waals surface area contributed by atoms with Crippen LogP contribution >= 0.6 is 0 Å². The number of hydrogen-bond acceptors (Lipinski definition) is 2. The van der Waals surface area contributed by atoms with Crippen LogP contribution in [-0.2, 0) is 9.47 Å². The molecule has 0 atom stereocenters. The second-order valence-corrected chi connectivity index (χ2v) is 3.81. The van der Waals surface area contributed by atoms with Crippen LogP contribution in [0.2, 0.25) is 0 Å². The van der Waals surface area contributed by atoms with Gasteiger partial charge in [0, 0.05) is 6.08 Å². The van der Waals surface area contributed by atoms with E-state index in [1.165, 1.54) is 13.2 Å². The molecular weight excluding hydrogens is 195 g/mol. The Balaban J connectivity index is 2.63. The maximum Gasteiger partial charge on any atom is 0.168 e. The lowest BCUT2D eigenvalue weighted by Crippen LogP contribution is -2.00. The van der Waals surface area contributed by atoms with Gasteiger partial charge in [0.2, 0.25) is 0 Å². The van der Waals surface area contributed by atoms with Crippen LogP contribution in [0.3, 0.4) is 0 Å². The van der Waals surface area contributed by atoms with E-state index in [-0.39, 0.29) is 11.6 Å². The van der Waals surface area contributed by atoms with Crippen LogP contribution in [0.25, 0.3) is 0 Å². The zero-order chi connectivity index (χ0) is 11.3. The molecule has 2 nitrogen and oxygen atoms in total. The van der Waals surface area contributed by atoms with E-state index < -0.39 is 0 Å². The summed E-state index contributed by atoms with van der Waals surface area (Å²) in [6.07, 6.45) is 5.52. The summed E-state index contributed by atoms with van der Waals surface area (Å²) < 4.78 is 23.8. The molecule has 0 amide bonds. The fourth-order valence-corrected chi connectivity index (χ4v) is 1.18. The second kappa shape index (κ2) is 5.59. The first kappa shape index (κ1) is 11.8. The lowest BCUT2D eigenvalue weighted by Gasteiger charge is -2.08. The highest BCUT2D eigenvalue weighted by atomic mass is 19.1. The van der Waals surface area contributed by atoms with Crippen molar-refractivity contribution in [1.82, 2.24) is 0 Å². The van der Waals surface area contributed by atoms with Gasteiger partial charge in [-0.15, -0.1) is 0 Å². The van der Waals surface area contributed by atoms with Crippen molar-refractivity contribution in [2.24, 2.45) is 5.92 Å². The first-order chi connectivity index (χ1) is 7.13. The molecule has 0 aromatic carbocycles. The predicted octanol–water partition coefficient (Wildman–Crippen LogP) is 3.33. The molecule has 0 aromatic rings. The molecule has 1 rings (SSSR count). The minimum absolute atomic E-state index is 0.273. The van der Waals surface area contributed by atoms with E-state index in [2.05, 4.69) is 13.8 Å². The van der Waals surface area contributed by atoms with Crippen molar-refractivity contribution < 1.29 is 13.9 Å². The Labute approximate surface area is 90.1 Å². The SMILES string of the molecule is COC1=CCC=C(OCC(C)C)C=C1F. The normalized spacial score (nSPS) is 16.5. The molecule has 0 aliphatic heterocycles. The lowest BCUT2D eigenvalue weighted by atomic mass is 10.2. The highest BCUT2D eigenvalue weighted by Crippen LogP contribution is 2.20. The monoisotopic (exact) mass is 212 g/mol. The van der Waals surface area contributed by atoms with Gasteiger partial charge >= 0.3 is 0 Å². The van der Waals surface area contributed by atoms with Gasteiger partial charge in [-0.2, -0.15) is 0 Å². The van der Waals surface area contributed by atoms with Crippen LogP contribution in [0.5, 0.6) is 0 Å². The van der Waals surface area contributed by atoms with Gasteiger partial charge < -0.3 is 9.47 Å². The predicted molar refractivity (Wildman–Crippen MR) is 57.8 cm³/mol. The Morgan fingerprint density at radius 1 is 1.40 bits per heavy atom. The number of allylic oxidation sites excluding steroid dienone is 4. The number of methoxy groups -OCH3 is 1. The van der Waals surface area contributed by atoms with Crippen molar-refractivity contribution in [2.75, 3.05) is 13.7 Å². The van der Waals surface area contributed by atoms with E-state index in [4.69, 9.17) is 9.47 Å². The van der Waals surface area contributed by atoms with Crippen molar-refractivity contribution >= 4 is 0 Å². The summed E-state index contributed by atoms with van der Waals surface area (Å²) in [7, 11) is 1.46. The highest BCUT2D eigenvalue weighted by Gasteiger charge is 2.09. The molecule has 84 valence electrons. The summed E-state index contributed by atoms with van der Waals surface area (Å²) in [5.74, 6) is 0.893. The van der Waals surface area contributed by atoms with Gasteiger partial charge in [-0.1, -0.05) is 13.8 Å². The van der Waals surface area contributed by atoms with E-state index >= 15 is 0 Å². The second-order valence-electron chi connectivity index (χ2n) is 3.81. The summed E-state index contributed by atoms with van der Waals surface area (Å²) in [6.45, 7) is 4.70. The van der Waals surface area contributed by atoms with E-state index in [0.717, 1.165) is 0 Å². The molecule has 1 aliphatic rings. The average Bonchev–Trinajstić information content (AvgIpc) is 2.36. The average molecular weight is 212 g/mol. The Hall–Kier alpha value is -1.25. The van der Waals surface area contributed by atoms with Crippen LogP contribution in [0, 0.1) is 5.92 Å². The highest BCUT2D eigenvalue weighted by molar-refractivity contribution is 5.30. The molecule has 0 radical (unpaired) electrons. The lowest BCUT2D eigenvalue weighted by molar-refractivity contribution is 0.188. The number of ether oxygens (including phenoxy) is 2. The topological polar surface area (TPSA) is 18.5 Å². The number of halogens is 1. The van der Waals surface area contributed by atoms with Crippen molar-refractivity contribution in [3.63, 3.8) is 0 Å². The van der Waals surface area contributed by atoms with Crippen LogP contribution < -0.4 is 0 Å². The van der Waals surface area contributed by atoms with Crippen molar-refractivity contribution in [2.45, 2.75) is 20.3 Å². The van der Waals surface area contributed by atoms with E-state index in [9.17, 15) is 4.39 Å². The Morgan fingerprint density at radius 3 is 2.73 bits per heavy atom.